The van der Waals surface area contributed by atoms with Crippen LogP contribution in [0.4, 0.5) is 0 Å². The van der Waals surface area contributed by atoms with Gasteiger partial charge in [0, 0.05) is 43.8 Å². The maximum atomic E-state index is 6.64. The topological polar surface area (TPSA) is 43.3 Å². The molecule has 0 fully saturated rings. The van der Waals surface area contributed by atoms with Crippen LogP contribution >= 0.6 is 0 Å². The van der Waals surface area contributed by atoms with Gasteiger partial charge in [-0.2, -0.15) is 4.98 Å². The lowest BCUT2D eigenvalue weighted by molar-refractivity contribution is 0.649. The summed E-state index contributed by atoms with van der Waals surface area (Å²) in [6, 6.07) is 61.4. The van der Waals surface area contributed by atoms with Crippen LogP contribution in [0.5, 0.6) is 0 Å². The fraction of sp³-hybridized carbons (Fsp3) is 0.0566. The van der Waals surface area contributed by atoms with E-state index >= 15 is 0 Å². The van der Waals surface area contributed by atoms with Crippen LogP contribution in [0.2, 0.25) is 0 Å². The molecular weight excluding hydrogens is 695 g/mol. The smallest absolute Gasteiger partial charge is 0.231 e. The summed E-state index contributed by atoms with van der Waals surface area (Å²) in [5.41, 5.74) is 14.9. The first-order valence-electron chi connectivity index (χ1n) is 19.8. The molecule has 12 aromatic rings. The normalized spacial score (nSPS) is 14.4. The van der Waals surface area contributed by atoms with E-state index in [-0.39, 0.29) is 5.92 Å². The Morgan fingerprint density at radius 2 is 1.23 bits per heavy atom. The van der Waals surface area contributed by atoms with E-state index in [1.54, 1.807) is 0 Å². The molecule has 266 valence electrons. The number of fused-ring (bicyclic) bond motifs is 15. The first kappa shape index (κ1) is 31.0. The first-order chi connectivity index (χ1) is 28.3. The Labute approximate surface area is 327 Å². The zero-order valence-electron chi connectivity index (χ0n) is 30.9. The van der Waals surface area contributed by atoms with Crippen molar-refractivity contribution in [2.24, 2.45) is 0 Å². The Morgan fingerprint density at radius 1 is 0.509 bits per heavy atom. The molecule has 4 heteroatoms. The minimum Gasteiger partial charge on any atom is -0.438 e. The van der Waals surface area contributed by atoms with Gasteiger partial charge in [0.05, 0.1) is 27.6 Å². The van der Waals surface area contributed by atoms with Crippen LogP contribution in [0.1, 0.15) is 29.2 Å². The van der Waals surface area contributed by atoms with Crippen LogP contribution in [-0.2, 0) is 6.42 Å². The average Bonchev–Trinajstić information content (AvgIpc) is 3.90. The lowest BCUT2D eigenvalue weighted by Crippen LogP contribution is -2.08. The number of benzene rings is 8. The highest BCUT2D eigenvalue weighted by atomic mass is 16.3. The lowest BCUT2D eigenvalue weighted by atomic mass is 9.83. The van der Waals surface area contributed by atoms with Crippen molar-refractivity contribution in [1.29, 1.82) is 0 Å². The Balaban J connectivity index is 1.16. The molecule has 0 N–H and O–H groups in total. The predicted octanol–water partition coefficient (Wildman–Crippen LogP) is 13.8. The Hall–Kier alpha value is -7.30. The lowest BCUT2D eigenvalue weighted by Gasteiger charge is -2.21. The van der Waals surface area contributed by atoms with Gasteiger partial charge in [-0.1, -0.05) is 152 Å². The van der Waals surface area contributed by atoms with Gasteiger partial charge in [0.2, 0.25) is 5.71 Å². The van der Waals surface area contributed by atoms with Crippen LogP contribution in [0, 0.1) is 0 Å². The van der Waals surface area contributed by atoms with E-state index in [0.29, 0.717) is 11.5 Å². The van der Waals surface area contributed by atoms with Crippen molar-refractivity contribution in [1.82, 2.24) is 14.4 Å². The molecule has 0 saturated carbocycles. The van der Waals surface area contributed by atoms with Crippen molar-refractivity contribution in [2.75, 3.05) is 0 Å². The van der Waals surface area contributed by atoms with E-state index in [2.05, 4.69) is 162 Å². The van der Waals surface area contributed by atoms with E-state index in [4.69, 9.17) is 14.4 Å². The summed E-state index contributed by atoms with van der Waals surface area (Å²) in [6.45, 7) is 0. The fourth-order valence-corrected chi connectivity index (χ4v) is 10.1. The number of para-hydroxylation sites is 2. The van der Waals surface area contributed by atoms with Crippen molar-refractivity contribution in [3.05, 3.63) is 187 Å². The van der Waals surface area contributed by atoms with Gasteiger partial charge in [0.25, 0.3) is 0 Å². The first-order valence-corrected chi connectivity index (χ1v) is 19.8. The Bertz CT molecular complexity index is 3580. The van der Waals surface area contributed by atoms with E-state index in [9.17, 15) is 0 Å². The minimum absolute atomic E-state index is 0.0463. The summed E-state index contributed by atoms with van der Waals surface area (Å²) in [6.07, 6.45) is 1.82. The second-order valence-electron chi connectivity index (χ2n) is 15.5. The molecule has 8 aromatic carbocycles. The molecule has 0 bridgehead atoms. The number of aryl methyl sites for hydroxylation is 1. The number of nitrogens with zero attached hydrogens (tertiary/aromatic N) is 3. The molecule has 57 heavy (non-hydrogen) atoms. The third kappa shape index (κ3) is 4.33. The summed E-state index contributed by atoms with van der Waals surface area (Å²) < 4.78 is 9.19. The van der Waals surface area contributed by atoms with Crippen LogP contribution in [0.15, 0.2) is 174 Å². The summed E-state index contributed by atoms with van der Waals surface area (Å²) in [5.74, 6) is 0.632. The molecular formula is C53H33N3O. The molecule has 0 aliphatic heterocycles. The van der Waals surface area contributed by atoms with E-state index < -0.39 is 0 Å². The number of furan rings is 1. The number of hydrogen-bond donors (Lipinski definition) is 0. The van der Waals surface area contributed by atoms with E-state index in [1.807, 2.05) is 12.1 Å². The molecule has 4 aromatic heterocycles. The number of aromatic nitrogens is 3. The summed E-state index contributed by atoms with van der Waals surface area (Å²) in [7, 11) is 0. The van der Waals surface area contributed by atoms with Crippen molar-refractivity contribution in [2.45, 2.75) is 18.8 Å². The molecule has 0 spiro atoms. The van der Waals surface area contributed by atoms with Gasteiger partial charge in [-0.05, 0) is 69.8 Å². The maximum absolute atomic E-state index is 6.64. The van der Waals surface area contributed by atoms with Gasteiger partial charge >= 0.3 is 0 Å². The highest BCUT2D eigenvalue weighted by Crippen LogP contribution is 2.52. The molecule has 1 aliphatic rings. The molecule has 0 radical (unpaired) electrons. The van der Waals surface area contributed by atoms with Gasteiger partial charge in [-0.15, -0.1) is 0 Å². The SMILES string of the molecule is c1ccc(-c2ccc(-c3nc(C4CCc5ccccc5-c5cc6c7ccc8ccccc8c7n7c8ccccc8c(c54)c67)c4c(n3)oc3ccccc34)cc2)cc1. The maximum Gasteiger partial charge on any atom is 0.231 e. The fourth-order valence-electron chi connectivity index (χ4n) is 10.1. The monoisotopic (exact) mass is 727 g/mol. The molecule has 1 atom stereocenters. The standard InChI is InChI=1S/C53H33N3O/c1-2-12-31(13-3-1)32-22-24-35(25-23-32)52-54-49(48-40-19-9-11-21-45(40)57-53(48)55-52)41-29-27-33-14-4-6-16-36(33)42-30-43-38-28-26-34-15-5-7-17-37(34)50(38)56-44-20-10-8-18-39(44)47(46(41)42)51(43)56/h1-26,28,30,41H,27,29H2. The summed E-state index contributed by atoms with van der Waals surface area (Å²) >= 11 is 0. The van der Waals surface area contributed by atoms with Crippen LogP contribution in [0.25, 0.3) is 105 Å². The molecule has 4 nitrogen and oxygen atoms in total. The zero-order valence-corrected chi connectivity index (χ0v) is 30.9. The highest BCUT2D eigenvalue weighted by Gasteiger charge is 2.34. The van der Waals surface area contributed by atoms with Crippen LogP contribution in [-0.4, -0.2) is 14.4 Å². The molecule has 1 aliphatic carbocycles. The van der Waals surface area contributed by atoms with Crippen molar-refractivity contribution in [3.63, 3.8) is 0 Å². The third-order valence-corrected chi connectivity index (χ3v) is 12.6. The Kier molecular flexibility index (Phi) is 6.31. The van der Waals surface area contributed by atoms with E-state index in [0.717, 1.165) is 46.0 Å². The van der Waals surface area contributed by atoms with Crippen molar-refractivity contribution >= 4 is 70.9 Å². The van der Waals surface area contributed by atoms with Gasteiger partial charge in [-0.25, -0.2) is 4.98 Å². The number of hydrogen-bond acceptors (Lipinski definition) is 3. The second kappa shape index (κ2) is 11.6. The van der Waals surface area contributed by atoms with Crippen LogP contribution < -0.4 is 0 Å². The summed E-state index contributed by atoms with van der Waals surface area (Å²) in [4.78, 5) is 10.8. The van der Waals surface area contributed by atoms with Gasteiger partial charge in [-0.3, -0.25) is 0 Å². The van der Waals surface area contributed by atoms with Gasteiger partial charge in [0.1, 0.15) is 5.58 Å². The molecule has 1 unspecified atom stereocenters. The van der Waals surface area contributed by atoms with Gasteiger partial charge < -0.3 is 8.82 Å². The van der Waals surface area contributed by atoms with Crippen LogP contribution in [0.3, 0.4) is 0 Å². The molecule has 4 heterocycles. The molecule has 0 amide bonds. The number of rotatable bonds is 3. The zero-order chi connectivity index (χ0) is 37.2. The minimum atomic E-state index is -0.0463. The Morgan fingerprint density at radius 3 is 2.12 bits per heavy atom. The molecule has 13 rings (SSSR count). The highest BCUT2D eigenvalue weighted by molar-refractivity contribution is 6.29. The second-order valence-corrected chi connectivity index (χ2v) is 15.5. The third-order valence-electron chi connectivity index (χ3n) is 12.6. The average molecular weight is 728 g/mol. The summed E-state index contributed by atoms with van der Waals surface area (Å²) in [5, 5.41) is 9.73. The quantitative estimate of drug-likeness (QED) is 0.182. The largest absolute Gasteiger partial charge is 0.438 e. The van der Waals surface area contributed by atoms with Crippen molar-refractivity contribution in [3.8, 4) is 33.6 Å². The molecule has 0 saturated heterocycles. The van der Waals surface area contributed by atoms with Gasteiger partial charge in [0.15, 0.2) is 5.82 Å². The van der Waals surface area contributed by atoms with E-state index in [1.165, 1.54) is 76.7 Å². The van der Waals surface area contributed by atoms with Crippen molar-refractivity contribution < 1.29 is 4.42 Å². The predicted molar refractivity (Wildman–Crippen MR) is 234 cm³/mol.